The summed E-state index contributed by atoms with van der Waals surface area (Å²) in [5.41, 5.74) is 3.76. The number of aryl methyl sites for hydroxylation is 1. The van der Waals surface area contributed by atoms with E-state index >= 15 is 0 Å². The van der Waals surface area contributed by atoms with Crippen molar-refractivity contribution >= 4 is 35.0 Å². The van der Waals surface area contributed by atoms with Crippen LogP contribution in [0.4, 0.5) is 5.69 Å². The number of aromatic nitrogens is 3. The minimum absolute atomic E-state index is 0.0787. The number of benzene rings is 2. The number of rotatable bonds is 3. The van der Waals surface area contributed by atoms with Crippen molar-refractivity contribution in [3.8, 4) is 17.1 Å². The van der Waals surface area contributed by atoms with Gasteiger partial charge < -0.3 is 4.74 Å². The molecule has 0 N–H and O–H groups in total. The molecule has 0 saturated carbocycles. The van der Waals surface area contributed by atoms with Crippen LogP contribution in [0.3, 0.4) is 0 Å². The van der Waals surface area contributed by atoms with Gasteiger partial charge in [0.1, 0.15) is 0 Å². The smallest absolute Gasteiger partial charge is 0.247 e. The highest BCUT2D eigenvalue weighted by atomic mass is 35.5. The van der Waals surface area contributed by atoms with Crippen molar-refractivity contribution in [3.63, 3.8) is 0 Å². The van der Waals surface area contributed by atoms with Gasteiger partial charge in [-0.1, -0.05) is 60.1 Å². The second kappa shape index (κ2) is 8.00. The lowest BCUT2D eigenvalue weighted by molar-refractivity contribution is -0.120. The molecule has 0 bridgehead atoms. The number of halogens is 1. The number of hydrogen-bond donors (Lipinski definition) is 0. The Balaban J connectivity index is 1.99. The Labute approximate surface area is 178 Å². The molecule has 6 nitrogen and oxygen atoms in total. The van der Waals surface area contributed by atoms with E-state index in [0.717, 1.165) is 11.1 Å². The molecular formula is C21H19ClN4O2S. The van der Waals surface area contributed by atoms with Gasteiger partial charge in [0, 0.05) is 22.6 Å². The lowest BCUT2D eigenvalue weighted by atomic mass is 10.1. The molecule has 2 aromatic carbocycles. The van der Waals surface area contributed by atoms with Crippen LogP contribution in [0, 0.1) is 6.92 Å². The number of ether oxygens (including phenoxy) is 1. The van der Waals surface area contributed by atoms with E-state index in [0.29, 0.717) is 39.4 Å². The largest absolute Gasteiger partial charge is 0.447 e. The number of fused-ring (bicyclic) bond motifs is 3. The van der Waals surface area contributed by atoms with Crippen molar-refractivity contribution in [1.82, 2.24) is 15.2 Å². The maximum absolute atomic E-state index is 13.0. The van der Waals surface area contributed by atoms with Crippen LogP contribution in [0.5, 0.6) is 5.88 Å². The molecule has 0 spiro atoms. The van der Waals surface area contributed by atoms with Gasteiger partial charge >= 0.3 is 0 Å². The number of nitrogens with zero attached hydrogens (tertiary/aromatic N) is 4. The minimum atomic E-state index is -0.685. The van der Waals surface area contributed by atoms with Crippen LogP contribution in [0.15, 0.2) is 47.6 Å². The first-order valence-corrected chi connectivity index (χ1v) is 10.8. The molecule has 8 heteroatoms. The van der Waals surface area contributed by atoms with Crippen LogP contribution in [-0.4, -0.2) is 27.3 Å². The third-order valence-electron chi connectivity index (χ3n) is 4.68. The Morgan fingerprint density at radius 1 is 1.21 bits per heavy atom. The summed E-state index contributed by atoms with van der Waals surface area (Å²) in [6.07, 6.45) is 1.50. The van der Waals surface area contributed by atoms with Crippen molar-refractivity contribution in [3.05, 3.63) is 58.6 Å². The molecule has 1 aliphatic heterocycles. The van der Waals surface area contributed by atoms with Gasteiger partial charge in [0.05, 0.1) is 5.69 Å². The summed E-state index contributed by atoms with van der Waals surface area (Å²) in [6.45, 7) is 3.84. The quantitative estimate of drug-likeness (QED) is 0.545. The van der Waals surface area contributed by atoms with E-state index in [-0.39, 0.29) is 5.91 Å². The van der Waals surface area contributed by atoms with Gasteiger partial charge in [-0.2, -0.15) is 4.98 Å². The number of thioether (sulfide) groups is 1. The second-order valence-corrected chi connectivity index (χ2v) is 7.82. The fourth-order valence-corrected chi connectivity index (χ4v) is 3.68. The lowest BCUT2D eigenvalue weighted by Gasteiger charge is -2.30. The first kappa shape index (κ1) is 19.7. The van der Waals surface area contributed by atoms with E-state index in [1.54, 1.807) is 17.0 Å². The maximum atomic E-state index is 13.0. The highest BCUT2D eigenvalue weighted by Crippen LogP contribution is 2.44. The van der Waals surface area contributed by atoms with Crippen molar-refractivity contribution in [2.24, 2.45) is 0 Å². The molecule has 0 radical (unpaired) electrons. The number of hydrogen-bond acceptors (Lipinski definition) is 6. The van der Waals surface area contributed by atoms with E-state index in [9.17, 15) is 4.79 Å². The van der Waals surface area contributed by atoms with E-state index in [2.05, 4.69) is 15.2 Å². The molecule has 1 unspecified atom stereocenters. The summed E-state index contributed by atoms with van der Waals surface area (Å²) in [5.74, 6) is 0.245. The van der Waals surface area contributed by atoms with Crippen molar-refractivity contribution in [2.45, 2.75) is 31.7 Å². The van der Waals surface area contributed by atoms with E-state index in [4.69, 9.17) is 16.3 Å². The molecule has 0 aliphatic carbocycles. The van der Waals surface area contributed by atoms with Gasteiger partial charge in [0.15, 0.2) is 5.69 Å². The Morgan fingerprint density at radius 3 is 2.66 bits per heavy atom. The molecule has 148 valence electrons. The third kappa shape index (κ3) is 3.68. The van der Waals surface area contributed by atoms with Gasteiger partial charge in [-0.15, -0.1) is 10.2 Å². The van der Waals surface area contributed by atoms with Crippen LogP contribution in [0.1, 0.15) is 30.7 Å². The standard InChI is InChI=1S/C21H19ClN4O2S/c1-4-17(27)26-16-10-9-14(22)11-15(16)18-19(23-21(29-3)25-24-18)28-20(26)13-7-5-12(2)6-8-13/h5-11,20H,4H2,1-3H3. The summed E-state index contributed by atoms with van der Waals surface area (Å²) >= 11 is 7.64. The summed E-state index contributed by atoms with van der Waals surface area (Å²) < 4.78 is 6.32. The fraction of sp³-hybridized carbons (Fsp3) is 0.238. The zero-order valence-electron chi connectivity index (χ0n) is 16.2. The summed E-state index contributed by atoms with van der Waals surface area (Å²) in [7, 11) is 0. The monoisotopic (exact) mass is 426 g/mol. The minimum Gasteiger partial charge on any atom is -0.447 e. The molecule has 29 heavy (non-hydrogen) atoms. The molecular weight excluding hydrogens is 408 g/mol. The van der Waals surface area contributed by atoms with Crippen molar-refractivity contribution < 1.29 is 9.53 Å². The fourth-order valence-electron chi connectivity index (χ4n) is 3.21. The molecule has 0 fully saturated rings. The predicted molar refractivity (Wildman–Crippen MR) is 114 cm³/mol. The SMILES string of the molecule is CCC(=O)N1c2ccc(Cl)cc2-c2nnc(SC)nc2OC1c1ccc(C)cc1. The normalized spacial score (nSPS) is 15.2. The molecule has 4 rings (SSSR count). The van der Waals surface area contributed by atoms with Crippen LogP contribution in [0.2, 0.25) is 5.02 Å². The maximum Gasteiger partial charge on any atom is 0.247 e. The molecule has 1 amide bonds. The highest BCUT2D eigenvalue weighted by Gasteiger charge is 2.35. The zero-order valence-corrected chi connectivity index (χ0v) is 17.8. The number of anilines is 1. The highest BCUT2D eigenvalue weighted by molar-refractivity contribution is 7.98. The Bertz CT molecular complexity index is 1070. The summed E-state index contributed by atoms with van der Waals surface area (Å²) in [5, 5.41) is 9.52. The Kier molecular flexibility index (Phi) is 5.43. The zero-order chi connectivity index (χ0) is 20.5. The average molecular weight is 427 g/mol. The topological polar surface area (TPSA) is 68.2 Å². The summed E-state index contributed by atoms with van der Waals surface area (Å²) in [6, 6.07) is 13.2. The molecule has 0 saturated heterocycles. The van der Waals surface area contributed by atoms with Crippen LogP contribution < -0.4 is 9.64 Å². The molecule has 2 heterocycles. The van der Waals surface area contributed by atoms with Gasteiger partial charge in [-0.25, -0.2) is 0 Å². The van der Waals surface area contributed by atoms with Gasteiger partial charge in [-0.3, -0.25) is 9.69 Å². The van der Waals surface area contributed by atoms with Crippen LogP contribution in [-0.2, 0) is 4.79 Å². The van der Waals surface area contributed by atoms with Crippen molar-refractivity contribution in [1.29, 1.82) is 0 Å². The van der Waals surface area contributed by atoms with Crippen LogP contribution in [0.25, 0.3) is 11.3 Å². The molecule has 1 atom stereocenters. The first-order valence-electron chi connectivity index (χ1n) is 9.15. The average Bonchev–Trinajstić information content (AvgIpc) is 2.87. The molecule has 1 aromatic heterocycles. The molecule has 3 aromatic rings. The number of carbonyl (C=O) groups is 1. The lowest BCUT2D eigenvalue weighted by Crippen LogP contribution is -2.37. The first-order chi connectivity index (χ1) is 14.0. The van der Waals surface area contributed by atoms with E-state index in [1.165, 1.54) is 11.8 Å². The Hall–Kier alpha value is -2.64. The Morgan fingerprint density at radius 2 is 1.97 bits per heavy atom. The van der Waals surface area contributed by atoms with E-state index < -0.39 is 6.23 Å². The third-order valence-corrected chi connectivity index (χ3v) is 5.46. The second-order valence-electron chi connectivity index (χ2n) is 6.61. The van der Waals surface area contributed by atoms with Gasteiger partial charge in [0.25, 0.3) is 0 Å². The predicted octanol–water partition coefficient (Wildman–Crippen LogP) is 5.06. The summed E-state index contributed by atoms with van der Waals surface area (Å²) in [4.78, 5) is 19.2. The number of carbonyl (C=O) groups excluding carboxylic acids is 1. The van der Waals surface area contributed by atoms with Crippen molar-refractivity contribution in [2.75, 3.05) is 11.2 Å². The number of amides is 1. The van der Waals surface area contributed by atoms with Gasteiger partial charge in [-0.05, 0) is 31.4 Å². The van der Waals surface area contributed by atoms with Crippen LogP contribution >= 0.6 is 23.4 Å². The van der Waals surface area contributed by atoms with Gasteiger partial charge in [0.2, 0.25) is 23.2 Å². The van der Waals surface area contributed by atoms with E-state index in [1.807, 2.05) is 50.4 Å². The molecule has 1 aliphatic rings.